The molecular weight excluding hydrogens is 290 g/mol. The normalized spacial score (nSPS) is 12.7. The summed E-state index contributed by atoms with van der Waals surface area (Å²) in [6.07, 6.45) is 2.34. The van der Waals surface area contributed by atoms with Gasteiger partial charge in [-0.25, -0.2) is 4.98 Å². The third-order valence-electron chi connectivity index (χ3n) is 3.45. The molecule has 0 bridgehead atoms. The molecule has 0 aliphatic rings. The van der Waals surface area contributed by atoms with E-state index in [0.717, 1.165) is 22.7 Å². The van der Waals surface area contributed by atoms with Crippen LogP contribution in [0.25, 0.3) is 11.2 Å². The van der Waals surface area contributed by atoms with Gasteiger partial charge in [-0.3, -0.25) is 0 Å². The van der Waals surface area contributed by atoms with Crippen LogP contribution in [-0.2, 0) is 6.42 Å². The fourth-order valence-corrected chi connectivity index (χ4v) is 2.61. The van der Waals surface area contributed by atoms with Gasteiger partial charge in [-0.05, 0) is 25.1 Å². The van der Waals surface area contributed by atoms with Crippen molar-refractivity contribution in [3.05, 3.63) is 42.1 Å². The maximum absolute atomic E-state index is 5.90. The Morgan fingerprint density at radius 2 is 2.19 bits per heavy atom. The Kier molecular flexibility index (Phi) is 3.84. The number of pyridine rings is 1. The van der Waals surface area contributed by atoms with Crippen LogP contribution in [0.5, 0.6) is 5.88 Å². The molecule has 6 heteroatoms. The number of fused-ring (bicyclic) bond motifs is 1. The van der Waals surface area contributed by atoms with Crippen LogP contribution >= 0.6 is 11.6 Å². The molecule has 0 fully saturated rings. The molecule has 0 saturated heterocycles. The van der Waals surface area contributed by atoms with E-state index >= 15 is 0 Å². The molecule has 3 aromatic rings. The van der Waals surface area contributed by atoms with Crippen molar-refractivity contribution in [2.24, 2.45) is 0 Å². The summed E-state index contributed by atoms with van der Waals surface area (Å²) >= 11 is 5.90. The number of halogens is 1. The van der Waals surface area contributed by atoms with Gasteiger partial charge in [0, 0.05) is 18.4 Å². The minimum atomic E-state index is -0.0113. The molecule has 0 aliphatic heterocycles. The molecule has 1 atom stereocenters. The zero-order valence-corrected chi connectivity index (χ0v) is 12.7. The molecule has 0 radical (unpaired) electrons. The van der Waals surface area contributed by atoms with Gasteiger partial charge in [-0.15, -0.1) is 11.6 Å². The van der Waals surface area contributed by atoms with E-state index in [1.807, 2.05) is 24.3 Å². The maximum atomic E-state index is 5.90. The van der Waals surface area contributed by atoms with E-state index < -0.39 is 0 Å². The Hall–Kier alpha value is -2.01. The van der Waals surface area contributed by atoms with Crippen molar-refractivity contribution < 1.29 is 9.15 Å². The van der Waals surface area contributed by atoms with Crippen molar-refractivity contribution in [3.63, 3.8) is 0 Å². The smallest absolute Gasteiger partial charge is 0.215 e. The molecule has 5 nitrogen and oxygen atoms in total. The van der Waals surface area contributed by atoms with Gasteiger partial charge in [0.2, 0.25) is 5.88 Å². The Bertz CT molecular complexity index is 737. The predicted molar refractivity (Wildman–Crippen MR) is 81.0 cm³/mol. The Morgan fingerprint density at radius 3 is 2.86 bits per heavy atom. The lowest BCUT2D eigenvalue weighted by Gasteiger charge is -2.14. The standard InChI is InChI=1S/C15H16ClN3O2/c1-10(12-4-3-9-21-12)19-13(7-8-16)17-11-5-6-14(20-2)18-15(11)19/h3-6,9-10H,7-8H2,1-2H3. The SMILES string of the molecule is COc1ccc2nc(CCCl)n(C(C)c3ccco3)c2n1. The van der Waals surface area contributed by atoms with Crippen LogP contribution in [0.4, 0.5) is 0 Å². The van der Waals surface area contributed by atoms with E-state index in [1.165, 1.54) is 0 Å². The van der Waals surface area contributed by atoms with Gasteiger partial charge < -0.3 is 13.7 Å². The molecule has 0 spiro atoms. The molecule has 0 N–H and O–H groups in total. The second-order valence-corrected chi connectivity index (χ2v) is 5.10. The largest absolute Gasteiger partial charge is 0.481 e. The highest BCUT2D eigenvalue weighted by molar-refractivity contribution is 6.17. The molecule has 110 valence electrons. The first-order chi connectivity index (χ1) is 10.2. The summed E-state index contributed by atoms with van der Waals surface area (Å²) in [7, 11) is 1.60. The second kappa shape index (κ2) is 5.77. The summed E-state index contributed by atoms with van der Waals surface area (Å²) < 4.78 is 12.8. The number of alkyl halides is 1. The minimum absolute atomic E-state index is 0.0113. The molecule has 1 unspecified atom stereocenters. The number of aromatic nitrogens is 3. The van der Waals surface area contributed by atoms with Crippen molar-refractivity contribution in [2.75, 3.05) is 13.0 Å². The van der Waals surface area contributed by atoms with Gasteiger partial charge in [0.25, 0.3) is 0 Å². The summed E-state index contributed by atoms with van der Waals surface area (Å²) in [5.74, 6) is 2.82. The molecular formula is C15H16ClN3O2. The van der Waals surface area contributed by atoms with Gasteiger partial charge in [-0.2, -0.15) is 4.98 Å². The monoisotopic (exact) mass is 305 g/mol. The molecule has 0 amide bonds. The fourth-order valence-electron chi connectivity index (χ4n) is 2.44. The first kappa shape index (κ1) is 13.9. The molecule has 21 heavy (non-hydrogen) atoms. The minimum Gasteiger partial charge on any atom is -0.481 e. The second-order valence-electron chi connectivity index (χ2n) is 4.72. The number of imidazole rings is 1. The van der Waals surface area contributed by atoms with Crippen molar-refractivity contribution in [1.82, 2.24) is 14.5 Å². The molecule has 3 rings (SSSR count). The van der Waals surface area contributed by atoms with Crippen LogP contribution in [0, 0.1) is 0 Å². The van der Waals surface area contributed by atoms with Crippen LogP contribution in [0.2, 0.25) is 0 Å². The Labute approximate surface area is 127 Å². The van der Waals surface area contributed by atoms with E-state index in [1.54, 1.807) is 13.4 Å². The molecule has 3 heterocycles. The van der Waals surface area contributed by atoms with Crippen LogP contribution in [0.3, 0.4) is 0 Å². The lowest BCUT2D eigenvalue weighted by molar-refractivity contribution is 0.397. The lowest BCUT2D eigenvalue weighted by Crippen LogP contribution is -2.11. The number of methoxy groups -OCH3 is 1. The van der Waals surface area contributed by atoms with Crippen LogP contribution < -0.4 is 4.74 Å². The number of nitrogens with zero attached hydrogens (tertiary/aromatic N) is 3. The highest BCUT2D eigenvalue weighted by Gasteiger charge is 2.20. The summed E-state index contributed by atoms with van der Waals surface area (Å²) in [4.78, 5) is 9.15. The summed E-state index contributed by atoms with van der Waals surface area (Å²) in [5, 5.41) is 0. The first-order valence-electron chi connectivity index (χ1n) is 6.75. The number of aryl methyl sites for hydroxylation is 1. The number of rotatable bonds is 5. The maximum Gasteiger partial charge on any atom is 0.215 e. The van der Waals surface area contributed by atoms with Gasteiger partial charge >= 0.3 is 0 Å². The topological polar surface area (TPSA) is 53.1 Å². The van der Waals surface area contributed by atoms with E-state index in [-0.39, 0.29) is 6.04 Å². The van der Waals surface area contributed by atoms with Gasteiger partial charge in [0.05, 0.1) is 19.4 Å². The third kappa shape index (κ3) is 2.49. The summed E-state index contributed by atoms with van der Waals surface area (Å²) in [6, 6.07) is 7.52. The number of hydrogen-bond donors (Lipinski definition) is 0. The van der Waals surface area contributed by atoms with Gasteiger partial charge in [0.15, 0.2) is 5.65 Å². The van der Waals surface area contributed by atoms with Gasteiger partial charge in [0.1, 0.15) is 17.1 Å². The van der Waals surface area contributed by atoms with E-state index in [4.69, 9.17) is 20.8 Å². The van der Waals surface area contributed by atoms with Crippen LogP contribution in [0.1, 0.15) is 24.6 Å². The average molecular weight is 306 g/mol. The third-order valence-corrected chi connectivity index (χ3v) is 3.64. The average Bonchev–Trinajstić information content (AvgIpc) is 3.13. The van der Waals surface area contributed by atoms with E-state index in [9.17, 15) is 0 Å². The Balaban J connectivity index is 2.18. The molecule has 0 aromatic carbocycles. The van der Waals surface area contributed by atoms with Crippen molar-refractivity contribution in [2.45, 2.75) is 19.4 Å². The van der Waals surface area contributed by atoms with E-state index in [0.29, 0.717) is 18.2 Å². The van der Waals surface area contributed by atoms with Crippen molar-refractivity contribution >= 4 is 22.8 Å². The summed E-state index contributed by atoms with van der Waals surface area (Å²) in [5.41, 5.74) is 1.60. The predicted octanol–water partition coefficient (Wildman–Crippen LogP) is 3.42. The van der Waals surface area contributed by atoms with E-state index in [2.05, 4.69) is 21.5 Å². The molecule has 0 aliphatic carbocycles. The number of ether oxygens (including phenoxy) is 1. The fraction of sp³-hybridized carbons (Fsp3) is 0.333. The zero-order valence-electron chi connectivity index (χ0n) is 11.9. The number of hydrogen-bond acceptors (Lipinski definition) is 4. The molecule has 0 saturated carbocycles. The highest BCUT2D eigenvalue weighted by atomic mass is 35.5. The zero-order chi connectivity index (χ0) is 14.8. The van der Waals surface area contributed by atoms with Crippen LogP contribution in [0.15, 0.2) is 34.9 Å². The van der Waals surface area contributed by atoms with Crippen molar-refractivity contribution in [1.29, 1.82) is 0 Å². The van der Waals surface area contributed by atoms with Crippen LogP contribution in [-0.4, -0.2) is 27.5 Å². The number of furan rings is 1. The molecule has 3 aromatic heterocycles. The highest BCUT2D eigenvalue weighted by Crippen LogP contribution is 2.27. The summed E-state index contributed by atoms with van der Waals surface area (Å²) in [6.45, 7) is 2.05. The first-order valence-corrected chi connectivity index (χ1v) is 7.29. The quantitative estimate of drug-likeness (QED) is 0.678. The Morgan fingerprint density at radius 1 is 1.33 bits per heavy atom. The van der Waals surface area contributed by atoms with Gasteiger partial charge in [-0.1, -0.05) is 0 Å². The van der Waals surface area contributed by atoms with Crippen molar-refractivity contribution in [3.8, 4) is 5.88 Å². The lowest BCUT2D eigenvalue weighted by atomic mass is 10.2.